The minimum Gasteiger partial charge on any atom is -0.481 e. The summed E-state index contributed by atoms with van der Waals surface area (Å²) in [5.74, 6) is -0.828. The van der Waals surface area contributed by atoms with Crippen LogP contribution < -0.4 is 0 Å². The topological polar surface area (TPSA) is 40.5 Å². The van der Waals surface area contributed by atoms with Crippen LogP contribution >= 0.6 is 0 Å². The summed E-state index contributed by atoms with van der Waals surface area (Å²) < 4.78 is 36.7. The SMILES string of the molecule is CC(CCCC(F)(F)F)N(C)C1(CC(=O)O)CCCCC1. The van der Waals surface area contributed by atoms with Gasteiger partial charge in [0.2, 0.25) is 0 Å². The van der Waals surface area contributed by atoms with E-state index in [-0.39, 0.29) is 24.4 Å². The first kappa shape index (κ1) is 18.3. The summed E-state index contributed by atoms with van der Waals surface area (Å²) in [6.45, 7) is 1.90. The molecule has 1 saturated carbocycles. The van der Waals surface area contributed by atoms with Gasteiger partial charge in [0.15, 0.2) is 0 Å². The fourth-order valence-corrected chi connectivity index (χ4v) is 3.40. The third kappa shape index (κ3) is 5.85. The van der Waals surface area contributed by atoms with Crippen molar-refractivity contribution in [2.75, 3.05) is 7.05 Å². The van der Waals surface area contributed by atoms with Gasteiger partial charge in [0.1, 0.15) is 0 Å². The van der Waals surface area contributed by atoms with Gasteiger partial charge in [-0.3, -0.25) is 9.69 Å². The summed E-state index contributed by atoms with van der Waals surface area (Å²) in [5.41, 5.74) is -0.387. The molecule has 1 aliphatic carbocycles. The highest BCUT2D eigenvalue weighted by Gasteiger charge is 2.40. The zero-order valence-electron chi connectivity index (χ0n) is 12.9. The Labute approximate surface area is 124 Å². The van der Waals surface area contributed by atoms with Gasteiger partial charge in [-0.25, -0.2) is 0 Å². The molecule has 0 aromatic carbocycles. The monoisotopic (exact) mass is 309 g/mol. The second-order valence-electron chi connectivity index (χ2n) is 6.32. The van der Waals surface area contributed by atoms with Crippen LogP contribution in [0.4, 0.5) is 13.2 Å². The van der Waals surface area contributed by atoms with Gasteiger partial charge in [0.25, 0.3) is 0 Å². The molecule has 0 aromatic heterocycles. The smallest absolute Gasteiger partial charge is 0.389 e. The van der Waals surface area contributed by atoms with Crippen molar-refractivity contribution in [3.8, 4) is 0 Å². The van der Waals surface area contributed by atoms with Crippen LogP contribution in [0, 0.1) is 0 Å². The highest BCUT2D eigenvalue weighted by molar-refractivity contribution is 5.68. The highest BCUT2D eigenvalue weighted by Crippen LogP contribution is 2.37. The lowest BCUT2D eigenvalue weighted by Crippen LogP contribution is -2.53. The lowest BCUT2D eigenvalue weighted by atomic mass is 9.77. The summed E-state index contributed by atoms with van der Waals surface area (Å²) in [6, 6.07) is -0.0372. The molecule has 1 fully saturated rings. The molecule has 0 aromatic rings. The maximum Gasteiger partial charge on any atom is 0.389 e. The Morgan fingerprint density at radius 1 is 1.29 bits per heavy atom. The lowest BCUT2D eigenvalue weighted by molar-refractivity contribution is -0.141. The fraction of sp³-hybridized carbons (Fsp3) is 0.933. The second-order valence-corrected chi connectivity index (χ2v) is 6.32. The normalized spacial score (nSPS) is 20.5. The van der Waals surface area contributed by atoms with Crippen molar-refractivity contribution in [3.63, 3.8) is 0 Å². The van der Waals surface area contributed by atoms with Crippen LogP contribution in [-0.4, -0.2) is 40.8 Å². The van der Waals surface area contributed by atoms with E-state index in [2.05, 4.69) is 0 Å². The molecule has 1 unspecified atom stereocenters. The number of rotatable bonds is 7. The van der Waals surface area contributed by atoms with Crippen LogP contribution in [-0.2, 0) is 4.79 Å². The van der Waals surface area contributed by atoms with E-state index in [1.54, 1.807) is 0 Å². The van der Waals surface area contributed by atoms with Crippen molar-refractivity contribution in [2.45, 2.75) is 82.5 Å². The molecule has 21 heavy (non-hydrogen) atoms. The molecule has 0 aliphatic heterocycles. The van der Waals surface area contributed by atoms with E-state index in [4.69, 9.17) is 5.11 Å². The van der Waals surface area contributed by atoms with E-state index in [0.29, 0.717) is 6.42 Å². The van der Waals surface area contributed by atoms with E-state index in [1.807, 2.05) is 18.9 Å². The minimum atomic E-state index is -4.11. The quantitative estimate of drug-likeness (QED) is 0.765. The average Bonchev–Trinajstić information content (AvgIpc) is 2.36. The Morgan fingerprint density at radius 2 is 1.86 bits per heavy atom. The van der Waals surface area contributed by atoms with Crippen LogP contribution in [0.15, 0.2) is 0 Å². The Morgan fingerprint density at radius 3 is 2.33 bits per heavy atom. The molecule has 0 amide bonds. The molecular weight excluding hydrogens is 283 g/mol. The number of carboxylic acid groups (broad SMARTS) is 1. The molecular formula is C15H26F3NO2. The van der Waals surface area contributed by atoms with Gasteiger partial charge in [0.05, 0.1) is 6.42 Å². The van der Waals surface area contributed by atoms with E-state index < -0.39 is 18.6 Å². The number of aliphatic carboxylic acids is 1. The fourth-order valence-electron chi connectivity index (χ4n) is 3.40. The molecule has 0 spiro atoms. The molecule has 124 valence electrons. The van der Waals surface area contributed by atoms with Crippen LogP contribution in [0.5, 0.6) is 0 Å². The predicted molar refractivity (Wildman–Crippen MR) is 75.2 cm³/mol. The Bertz CT molecular complexity index is 338. The zero-order valence-corrected chi connectivity index (χ0v) is 12.9. The molecule has 0 heterocycles. The Kier molecular flexibility index (Phi) is 6.50. The van der Waals surface area contributed by atoms with Crippen molar-refractivity contribution < 1.29 is 23.1 Å². The summed E-state index contributed by atoms with van der Waals surface area (Å²) in [7, 11) is 1.87. The van der Waals surface area contributed by atoms with Crippen LogP contribution in [0.1, 0.15) is 64.7 Å². The van der Waals surface area contributed by atoms with Crippen molar-refractivity contribution in [1.29, 1.82) is 0 Å². The van der Waals surface area contributed by atoms with Gasteiger partial charge < -0.3 is 5.11 Å². The van der Waals surface area contributed by atoms with Crippen LogP contribution in [0.3, 0.4) is 0 Å². The molecule has 0 radical (unpaired) electrons. The molecule has 3 nitrogen and oxygen atoms in total. The van der Waals surface area contributed by atoms with E-state index in [1.165, 1.54) is 0 Å². The lowest BCUT2D eigenvalue weighted by Gasteiger charge is -2.47. The average molecular weight is 309 g/mol. The largest absolute Gasteiger partial charge is 0.481 e. The highest BCUT2D eigenvalue weighted by atomic mass is 19.4. The maximum atomic E-state index is 12.2. The molecule has 1 aliphatic rings. The van der Waals surface area contributed by atoms with Gasteiger partial charge in [-0.15, -0.1) is 0 Å². The number of hydrogen-bond acceptors (Lipinski definition) is 2. The standard InChI is InChI=1S/C15H26F3NO2/c1-12(7-6-10-15(16,17)18)19(2)14(11-13(20)21)8-4-3-5-9-14/h12H,3-11H2,1-2H3,(H,20,21). The van der Waals surface area contributed by atoms with Gasteiger partial charge in [-0.2, -0.15) is 13.2 Å². The maximum absolute atomic E-state index is 12.2. The van der Waals surface area contributed by atoms with Gasteiger partial charge >= 0.3 is 12.1 Å². The molecule has 0 bridgehead atoms. The molecule has 6 heteroatoms. The molecule has 0 saturated heterocycles. The molecule has 1 N–H and O–H groups in total. The summed E-state index contributed by atoms with van der Waals surface area (Å²) in [5, 5.41) is 9.17. The first-order valence-corrected chi connectivity index (χ1v) is 7.68. The number of carboxylic acids is 1. The predicted octanol–water partition coefficient (Wildman–Crippen LogP) is 4.22. The van der Waals surface area contributed by atoms with E-state index in [0.717, 1.165) is 32.1 Å². The van der Waals surface area contributed by atoms with Crippen molar-refractivity contribution in [3.05, 3.63) is 0 Å². The summed E-state index contributed by atoms with van der Waals surface area (Å²) in [6.07, 6.45) is 0.470. The van der Waals surface area contributed by atoms with Gasteiger partial charge in [-0.05, 0) is 39.7 Å². The Balaban J connectivity index is 2.62. The first-order chi connectivity index (χ1) is 9.66. The van der Waals surface area contributed by atoms with Gasteiger partial charge in [-0.1, -0.05) is 19.3 Å². The third-order valence-electron chi connectivity index (χ3n) is 4.76. The molecule has 1 rings (SSSR count). The summed E-state index contributed by atoms with van der Waals surface area (Å²) in [4.78, 5) is 13.2. The minimum absolute atomic E-state index is 0.0372. The summed E-state index contributed by atoms with van der Waals surface area (Å²) >= 11 is 0. The number of nitrogens with zero attached hydrogens (tertiary/aromatic N) is 1. The third-order valence-corrected chi connectivity index (χ3v) is 4.76. The van der Waals surface area contributed by atoms with Crippen molar-refractivity contribution in [2.24, 2.45) is 0 Å². The number of hydrogen-bond donors (Lipinski definition) is 1. The number of carbonyl (C=O) groups is 1. The van der Waals surface area contributed by atoms with Crippen LogP contribution in [0.25, 0.3) is 0 Å². The van der Waals surface area contributed by atoms with Crippen molar-refractivity contribution >= 4 is 5.97 Å². The van der Waals surface area contributed by atoms with E-state index >= 15 is 0 Å². The molecule has 1 atom stereocenters. The Hall–Kier alpha value is -0.780. The van der Waals surface area contributed by atoms with Crippen LogP contribution in [0.2, 0.25) is 0 Å². The number of halogens is 3. The number of alkyl halides is 3. The second kappa shape index (κ2) is 7.47. The first-order valence-electron chi connectivity index (χ1n) is 7.68. The van der Waals surface area contributed by atoms with E-state index in [9.17, 15) is 18.0 Å². The van der Waals surface area contributed by atoms with Gasteiger partial charge in [0, 0.05) is 18.0 Å². The zero-order chi connectivity index (χ0) is 16.1. The van der Waals surface area contributed by atoms with Crippen molar-refractivity contribution in [1.82, 2.24) is 4.90 Å².